The van der Waals surface area contributed by atoms with Crippen LogP contribution in [0.1, 0.15) is 24.8 Å². The Morgan fingerprint density at radius 3 is 2.48 bits per heavy atom. The third-order valence-electron chi connectivity index (χ3n) is 4.71. The Hall–Kier alpha value is -1.55. The molecule has 9 heteroatoms. The van der Waals surface area contributed by atoms with Gasteiger partial charge in [0, 0.05) is 51.2 Å². The highest BCUT2D eigenvalue weighted by Gasteiger charge is 2.23. The molecule has 162 valence electrons. The van der Waals surface area contributed by atoms with Crippen molar-refractivity contribution in [3.05, 3.63) is 34.9 Å². The highest BCUT2D eigenvalue weighted by atomic mass is 127. The summed E-state index contributed by atoms with van der Waals surface area (Å²) in [5.74, 6) is 0.774. The lowest BCUT2D eigenvalue weighted by molar-refractivity contribution is -0.140. The zero-order chi connectivity index (χ0) is 20.4. The van der Waals surface area contributed by atoms with E-state index in [4.69, 9.17) is 11.6 Å². The number of piperazine rings is 1. The van der Waals surface area contributed by atoms with Crippen molar-refractivity contribution in [3.8, 4) is 0 Å². The molecule has 29 heavy (non-hydrogen) atoms. The van der Waals surface area contributed by atoms with Crippen LogP contribution in [0.25, 0.3) is 0 Å². The molecule has 1 fully saturated rings. The molecule has 0 bridgehead atoms. The minimum atomic E-state index is -0.178. The number of rotatable bonds is 7. The van der Waals surface area contributed by atoms with E-state index in [0.717, 1.165) is 44.0 Å². The van der Waals surface area contributed by atoms with Crippen LogP contribution in [-0.2, 0) is 20.7 Å². The average Bonchev–Trinajstić information content (AvgIpc) is 2.70. The minimum absolute atomic E-state index is 0. The number of nitrogens with one attached hydrogen (secondary N) is 1. The Labute approximate surface area is 194 Å². The van der Waals surface area contributed by atoms with E-state index >= 15 is 0 Å². The lowest BCUT2D eigenvalue weighted by atomic mass is 10.1. The molecule has 1 aliphatic heterocycles. The molecule has 2 rings (SSSR count). The van der Waals surface area contributed by atoms with Gasteiger partial charge in [0.25, 0.3) is 0 Å². The Morgan fingerprint density at radius 2 is 1.86 bits per heavy atom. The number of methoxy groups -OCH3 is 1. The second kappa shape index (κ2) is 13.6. The number of unbranched alkanes of at least 4 members (excludes halogenated alkanes) is 1. The van der Waals surface area contributed by atoms with Crippen LogP contribution in [0, 0.1) is 0 Å². The monoisotopic (exact) mass is 536 g/mol. The highest BCUT2D eigenvalue weighted by molar-refractivity contribution is 14.0. The largest absolute Gasteiger partial charge is 0.469 e. The van der Waals surface area contributed by atoms with Gasteiger partial charge in [0.05, 0.1) is 13.5 Å². The number of guanidine groups is 1. The maximum Gasteiger partial charge on any atom is 0.305 e. The van der Waals surface area contributed by atoms with Gasteiger partial charge in [-0.2, -0.15) is 0 Å². The summed E-state index contributed by atoms with van der Waals surface area (Å²) in [6.07, 6.45) is 2.45. The van der Waals surface area contributed by atoms with E-state index in [0.29, 0.717) is 31.0 Å². The number of nitrogens with zero attached hydrogens (tertiary/aromatic N) is 3. The molecule has 0 unspecified atom stereocenters. The second-order valence-electron chi connectivity index (χ2n) is 6.68. The first kappa shape index (κ1) is 25.5. The SMILES string of the molecule is CN=C(NCCCCC(=O)OC)N1CCN(C(=O)Cc2cccc(Cl)c2)CC1.I. The molecule has 0 radical (unpaired) electrons. The zero-order valence-corrected chi connectivity index (χ0v) is 20.1. The summed E-state index contributed by atoms with van der Waals surface area (Å²) >= 11 is 5.99. The lowest BCUT2D eigenvalue weighted by Crippen LogP contribution is -2.54. The molecule has 0 atom stereocenters. The van der Waals surface area contributed by atoms with Gasteiger partial charge in [0.1, 0.15) is 0 Å². The predicted molar refractivity (Wildman–Crippen MR) is 126 cm³/mol. The first-order valence-electron chi connectivity index (χ1n) is 9.58. The van der Waals surface area contributed by atoms with E-state index in [2.05, 4.69) is 19.9 Å². The van der Waals surface area contributed by atoms with Crippen molar-refractivity contribution in [3.63, 3.8) is 0 Å². The number of amides is 1. The first-order chi connectivity index (χ1) is 13.5. The van der Waals surface area contributed by atoms with E-state index in [1.54, 1.807) is 7.05 Å². The lowest BCUT2D eigenvalue weighted by Gasteiger charge is -2.36. The molecule has 0 spiro atoms. The number of benzene rings is 1. The summed E-state index contributed by atoms with van der Waals surface area (Å²) in [6, 6.07) is 7.43. The van der Waals surface area contributed by atoms with E-state index < -0.39 is 0 Å². The van der Waals surface area contributed by atoms with Crippen molar-refractivity contribution < 1.29 is 14.3 Å². The van der Waals surface area contributed by atoms with Crippen molar-refractivity contribution in [2.45, 2.75) is 25.7 Å². The molecule has 0 aliphatic carbocycles. The van der Waals surface area contributed by atoms with Gasteiger partial charge in [-0.05, 0) is 30.5 Å². The molecule has 1 aromatic rings. The van der Waals surface area contributed by atoms with Crippen LogP contribution in [0.4, 0.5) is 0 Å². The van der Waals surface area contributed by atoms with Gasteiger partial charge in [-0.3, -0.25) is 14.6 Å². The van der Waals surface area contributed by atoms with Gasteiger partial charge >= 0.3 is 5.97 Å². The van der Waals surface area contributed by atoms with Gasteiger partial charge in [-0.1, -0.05) is 23.7 Å². The molecule has 1 saturated heterocycles. The first-order valence-corrected chi connectivity index (χ1v) is 9.96. The summed E-state index contributed by atoms with van der Waals surface area (Å²) in [4.78, 5) is 32.0. The van der Waals surface area contributed by atoms with Gasteiger partial charge < -0.3 is 19.9 Å². The highest BCUT2D eigenvalue weighted by Crippen LogP contribution is 2.13. The summed E-state index contributed by atoms with van der Waals surface area (Å²) in [7, 11) is 3.16. The second-order valence-corrected chi connectivity index (χ2v) is 7.12. The number of ether oxygens (including phenoxy) is 1. The standard InChI is InChI=1S/C20H29ClN4O3.HI/c1-22-20(23-9-4-3-8-19(27)28-2)25-12-10-24(11-13-25)18(26)15-16-6-5-7-17(21)14-16;/h5-7,14H,3-4,8-13,15H2,1-2H3,(H,22,23);1H. The van der Waals surface area contributed by atoms with Crippen LogP contribution in [0.5, 0.6) is 0 Å². The Bertz CT molecular complexity index is 694. The summed E-state index contributed by atoms with van der Waals surface area (Å²) in [6.45, 7) is 3.56. The van der Waals surface area contributed by atoms with Crippen LogP contribution >= 0.6 is 35.6 Å². The quantitative estimate of drug-likeness (QED) is 0.191. The molecule has 1 N–H and O–H groups in total. The van der Waals surface area contributed by atoms with Crippen molar-refractivity contribution in [1.29, 1.82) is 0 Å². The maximum absolute atomic E-state index is 12.5. The molecule has 1 aromatic carbocycles. The maximum atomic E-state index is 12.5. The summed E-state index contributed by atoms with van der Waals surface area (Å²) < 4.78 is 4.64. The number of hydrogen-bond donors (Lipinski definition) is 1. The fraction of sp³-hybridized carbons (Fsp3) is 0.550. The van der Waals surface area contributed by atoms with Crippen molar-refractivity contribution in [2.24, 2.45) is 4.99 Å². The fourth-order valence-corrected chi connectivity index (χ4v) is 3.34. The van der Waals surface area contributed by atoms with Gasteiger partial charge in [0.15, 0.2) is 5.96 Å². The third kappa shape index (κ3) is 8.77. The third-order valence-corrected chi connectivity index (χ3v) is 4.94. The summed E-state index contributed by atoms with van der Waals surface area (Å²) in [5.41, 5.74) is 0.935. The van der Waals surface area contributed by atoms with E-state index in [1.807, 2.05) is 29.2 Å². The van der Waals surface area contributed by atoms with Gasteiger partial charge in [0.2, 0.25) is 5.91 Å². The van der Waals surface area contributed by atoms with Crippen LogP contribution in [0.3, 0.4) is 0 Å². The Kier molecular flexibility index (Phi) is 12.0. The van der Waals surface area contributed by atoms with E-state index in [-0.39, 0.29) is 35.9 Å². The van der Waals surface area contributed by atoms with Crippen LogP contribution in [-0.4, -0.2) is 74.5 Å². The van der Waals surface area contributed by atoms with Crippen molar-refractivity contribution >= 4 is 53.4 Å². The molecule has 7 nitrogen and oxygen atoms in total. The van der Waals surface area contributed by atoms with Crippen molar-refractivity contribution in [2.75, 3.05) is 46.9 Å². The average molecular weight is 537 g/mol. The number of carbonyl (C=O) groups is 2. The number of hydrogen-bond acceptors (Lipinski definition) is 4. The predicted octanol–water partition coefficient (Wildman–Crippen LogP) is 2.56. The fourth-order valence-electron chi connectivity index (χ4n) is 3.13. The molecular weight excluding hydrogens is 507 g/mol. The molecule has 0 aromatic heterocycles. The van der Waals surface area contributed by atoms with Crippen molar-refractivity contribution in [1.82, 2.24) is 15.1 Å². The topological polar surface area (TPSA) is 74.2 Å². The molecular formula is C20H30ClIN4O3. The Morgan fingerprint density at radius 1 is 1.17 bits per heavy atom. The smallest absolute Gasteiger partial charge is 0.305 e. The number of carbonyl (C=O) groups excluding carboxylic acids is 2. The van der Waals surface area contributed by atoms with Crippen LogP contribution < -0.4 is 5.32 Å². The van der Waals surface area contributed by atoms with E-state index in [1.165, 1.54) is 7.11 Å². The summed E-state index contributed by atoms with van der Waals surface area (Å²) in [5, 5.41) is 3.98. The van der Waals surface area contributed by atoms with Crippen LogP contribution in [0.2, 0.25) is 5.02 Å². The van der Waals surface area contributed by atoms with E-state index in [9.17, 15) is 9.59 Å². The Balaban J connectivity index is 0.00000420. The number of aliphatic imine (C=N–C) groups is 1. The molecule has 1 amide bonds. The minimum Gasteiger partial charge on any atom is -0.469 e. The molecule has 0 saturated carbocycles. The van der Waals surface area contributed by atoms with Crippen LogP contribution in [0.15, 0.2) is 29.3 Å². The zero-order valence-electron chi connectivity index (χ0n) is 17.0. The van der Waals surface area contributed by atoms with Gasteiger partial charge in [-0.15, -0.1) is 24.0 Å². The number of esters is 1. The molecule has 1 heterocycles. The normalized spacial score (nSPS) is 14.2. The molecule has 1 aliphatic rings. The van der Waals surface area contributed by atoms with Gasteiger partial charge in [-0.25, -0.2) is 0 Å². The number of halogens is 2.